The van der Waals surface area contributed by atoms with Gasteiger partial charge in [0.1, 0.15) is 10.8 Å². The summed E-state index contributed by atoms with van der Waals surface area (Å²) in [6.07, 6.45) is 3.01. The largest absolute Gasteiger partial charge is 0.497 e. The molecule has 1 aromatic carbocycles. The number of nitrogens with zero attached hydrogens (tertiary/aromatic N) is 4. The lowest BCUT2D eigenvalue weighted by Crippen LogP contribution is -2.47. The van der Waals surface area contributed by atoms with Crippen LogP contribution in [0.3, 0.4) is 0 Å². The number of guanidine groups is 1. The summed E-state index contributed by atoms with van der Waals surface area (Å²) >= 11 is 1.71. The average Bonchev–Trinajstić information content (AvgIpc) is 3.19. The van der Waals surface area contributed by atoms with Crippen molar-refractivity contribution < 1.29 is 4.74 Å². The van der Waals surface area contributed by atoms with E-state index in [1.807, 2.05) is 18.3 Å². The number of hydrogen-bond donors (Lipinski definition) is 2. The molecule has 2 aromatic rings. The minimum Gasteiger partial charge on any atom is -0.497 e. The Morgan fingerprint density at radius 2 is 1.93 bits per heavy atom. The zero-order chi connectivity index (χ0) is 20.5. The van der Waals surface area contributed by atoms with Crippen molar-refractivity contribution >= 4 is 23.0 Å². The van der Waals surface area contributed by atoms with Gasteiger partial charge in [0.15, 0.2) is 5.96 Å². The van der Waals surface area contributed by atoms with Crippen molar-refractivity contribution in [2.45, 2.75) is 19.9 Å². The number of aryl methyl sites for hydroxylation is 1. The van der Waals surface area contributed by atoms with E-state index in [9.17, 15) is 0 Å². The van der Waals surface area contributed by atoms with Gasteiger partial charge < -0.3 is 20.3 Å². The van der Waals surface area contributed by atoms with Crippen molar-refractivity contribution in [2.75, 3.05) is 58.3 Å². The summed E-state index contributed by atoms with van der Waals surface area (Å²) in [6.45, 7) is 9.13. The highest BCUT2D eigenvalue weighted by Gasteiger charge is 2.16. The molecule has 0 atom stereocenters. The summed E-state index contributed by atoms with van der Waals surface area (Å²) < 4.78 is 5.24. The number of nitrogens with one attached hydrogen (secondary N) is 2. The molecule has 2 N–H and O–H groups in total. The van der Waals surface area contributed by atoms with Crippen molar-refractivity contribution in [3.8, 4) is 5.75 Å². The number of ether oxygens (including phenoxy) is 1. The standard InChI is InChI=1S/C21H32N6OS/c1-17-15-24-20(29-17)16-25-21(22-2)23-9-4-10-26-11-13-27(14-12-26)18-5-7-19(28-3)8-6-18/h5-8,15H,4,9-14,16H2,1-3H3,(H2,22,23,25). The second-order valence-corrected chi connectivity index (χ2v) is 8.42. The van der Waals surface area contributed by atoms with E-state index in [0.29, 0.717) is 6.54 Å². The Labute approximate surface area is 177 Å². The fourth-order valence-electron chi connectivity index (χ4n) is 3.40. The zero-order valence-electron chi connectivity index (χ0n) is 17.6. The Morgan fingerprint density at radius 3 is 2.55 bits per heavy atom. The second kappa shape index (κ2) is 11.0. The topological polar surface area (TPSA) is 65.0 Å². The number of hydrogen-bond acceptors (Lipinski definition) is 6. The van der Waals surface area contributed by atoms with E-state index >= 15 is 0 Å². The lowest BCUT2D eigenvalue weighted by atomic mass is 10.2. The molecule has 0 amide bonds. The molecule has 0 unspecified atom stereocenters. The summed E-state index contributed by atoms with van der Waals surface area (Å²) in [7, 11) is 3.51. The van der Waals surface area contributed by atoms with Crippen LogP contribution in [-0.2, 0) is 6.54 Å². The van der Waals surface area contributed by atoms with Crippen LogP contribution in [0.1, 0.15) is 16.3 Å². The van der Waals surface area contributed by atoms with E-state index in [1.54, 1.807) is 25.5 Å². The molecule has 8 heteroatoms. The van der Waals surface area contributed by atoms with Gasteiger partial charge in [-0.1, -0.05) is 0 Å². The lowest BCUT2D eigenvalue weighted by molar-refractivity contribution is 0.255. The molecule has 2 heterocycles. The monoisotopic (exact) mass is 416 g/mol. The summed E-state index contributed by atoms with van der Waals surface area (Å²) in [5, 5.41) is 7.81. The molecule has 0 bridgehead atoms. The average molecular weight is 417 g/mol. The number of benzene rings is 1. The van der Waals surface area contributed by atoms with Crippen LogP contribution in [-0.4, -0.2) is 69.3 Å². The minimum absolute atomic E-state index is 0.714. The van der Waals surface area contributed by atoms with Gasteiger partial charge in [-0.15, -0.1) is 11.3 Å². The van der Waals surface area contributed by atoms with Gasteiger partial charge in [0, 0.05) is 56.5 Å². The molecule has 158 valence electrons. The molecule has 1 aromatic heterocycles. The highest BCUT2D eigenvalue weighted by atomic mass is 32.1. The molecule has 29 heavy (non-hydrogen) atoms. The Hall–Kier alpha value is -2.32. The van der Waals surface area contributed by atoms with E-state index in [0.717, 1.165) is 62.4 Å². The molecule has 0 aliphatic carbocycles. The maximum atomic E-state index is 5.24. The van der Waals surface area contributed by atoms with Crippen LogP contribution in [0, 0.1) is 6.92 Å². The Kier molecular flexibility index (Phi) is 8.13. The van der Waals surface area contributed by atoms with Gasteiger partial charge in [0.2, 0.25) is 0 Å². The van der Waals surface area contributed by atoms with Crippen molar-refractivity contribution in [3.63, 3.8) is 0 Å². The first-order chi connectivity index (χ1) is 14.2. The van der Waals surface area contributed by atoms with Gasteiger partial charge in [-0.05, 0) is 44.2 Å². The van der Waals surface area contributed by atoms with E-state index < -0.39 is 0 Å². The number of methoxy groups -OCH3 is 1. The Morgan fingerprint density at radius 1 is 1.17 bits per heavy atom. The molecule has 1 fully saturated rings. The van der Waals surface area contributed by atoms with Crippen LogP contribution in [0.15, 0.2) is 35.5 Å². The van der Waals surface area contributed by atoms with E-state index in [4.69, 9.17) is 4.74 Å². The third-order valence-electron chi connectivity index (χ3n) is 5.05. The Bertz CT molecular complexity index is 768. The first-order valence-corrected chi connectivity index (χ1v) is 11.0. The molecule has 1 aliphatic rings. The normalized spacial score (nSPS) is 15.4. The number of thiazole rings is 1. The van der Waals surface area contributed by atoms with Crippen LogP contribution in [0.2, 0.25) is 0 Å². The van der Waals surface area contributed by atoms with Crippen molar-refractivity contribution in [1.82, 2.24) is 20.5 Å². The first kappa shape index (κ1) is 21.4. The third kappa shape index (κ3) is 6.61. The molecule has 3 rings (SSSR count). The van der Waals surface area contributed by atoms with Gasteiger partial charge in [-0.25, -0.2) is 4.98 Å². The number of anilines is 1. The third-order valence-corrected chi connectivity index (χ3v) is 5.97. The maximum absolute atomic E-state index is 5.24. The number of piperazine rings is 1. The van der Waals surface area contributed by atoms with Crippen LogP contribution in [0.4, 0.5) is 5.69 Å². The first-order valence-electron chi connectivity index (χ1n) is 10.1. The van der Waals surface area contributed by atoms with Crippen LogP contribution in [0.25, 0.3) is 0 Å². The fraction of sp³-hybridized carbons (Fsp3) is 0.524. The molecule has 7 nitrogen and oxygen atoms in total. The second-order valence-electron chi connectivity index (χ2n) is 7.10. The predicted molar refractivity (Wildman–Crippen MR) is 121 cm³/mol. The predicted octanol–water partition coefficient (Wildman–Crippen LogP) is 2.34. The fourth-order valence-corrected chi connectivity index (χ4v) is 4.12. The van der Waals surface area contributed by atoms with E-state index in [1.165, 1.54) is 10.6 Å². The van der Waals surface area contributed by atoms with Crippen molar-refractivity contribution in [2.24, 2.45) is 4.99 Å². The zero-order valence-corrected chi connectivity index (χ0v) is 18.5. The number of aliphatic imine (C=N–C) groups is 1. The number of aromatic nitrogens is 1. The summed E-state index contributed by atoms with van der Waals surface area (Å²) in [4.78, 5) is 14.9. The molecule has 0 saturated carbocycles. The smallest absolute Gasteiger partial charge is 0.191 e. The summed E-state index contributed by atoms with van der Waals surface area (Å²) in [6, 6.07) is 8.35. The summed E-state index contributed by atoms with van der Waals surface area (Å²) in [5.74, 6) is 1.74. The molecule has 0 radical (unpaired) electrons. The summed E-state index contributed by atoms with van der Waals surface area (Å²) in [5.41, 5.74) is 1.28. The molecular formula is C21H32N6OS. The lowest BCUT2D eigenvalue weighted by Gasteiger charge is -2.36. The highest BCUT2D eigenvalue weighted by Crippen LogP contribution is 2.20. The van der Waals surface area contributed by atoms with Crippen LogP contribution >= 0.6 is 11.3 Å². The van der Waals surface area contributed by atoms with Gasteiger partial charge in [0.05, 0.1) is 13.7 Å². The van der Waals surface area contributed by atoms with Gasteiger partial charge in [0.25, 0.3) is 0 Å². The SMILES string of the molecule is CN=C(NCCCN1CCN(c2ccc(OC)cc2)CC1)NCc1ncc(C)s1. The van der Waals surface area contributed by atoms with Crippen molar-refractivity contribution in [3.05, 3.63) is 40.3 Å². The highest BCUT2D eigenvalue weighted by molar-refractivity contribution is 7.11. The molecule has 0 spiro atoms. The number of rotatable bonds is 8. The van der Waals surface area contributed by atoms with E-state index in [-0.39, 0.29) is 0 Å². The maximum Gasteiger partial charge on any atom is 0.191 e. The van der Waals surface area contributed by atoms with Gasteiger partial charge >= 0.3 is 0 Å². The van der Waals surface area contributed by atoms with Crippen LogP contribution in [0.5, 0.6) is 5.75 Å². The van der Waals surface area contributed by atoms with E-state index in [2.05, 4.69) is 49.5 Å². The van der Waals surface area contributed by atoms with Gasteiger partial charge in [-0.3, -0.25) is 9.89 Å². The van der Waals surface area contributed by atoms with Crippen LogP contribution < -0.4 is 20.3 Å². The molecule has 1 saturated heterocycles. The van der Waals surface area contributed by atoms with Gasteiger partial charge in [-0.2, -0.15) is 0 Å². The molecular weight excluding hydrogens is 384 g/mol. The van der Waals surface area contributed by atoms with Crippen molar-refractivity contribution in [1.29, 1.82) is 0 Å². The Balaban J connectivity index is 1.30. The quantitative estimate of drug-likeness (QED) is 0.391. The molecule has 1 aliphatic heterocycles. The minimum atomic E-state index is 0.714.